The van der Waals surface area contributed by atoms with E-state index in [1.165, 1.54) is 37.8 Å². The van der Waals surface area contributed by atoms with E-state index < -0.39 is 0 Å². The highest BCUT2D eigenvalue weighted by Crippen LogP contribution is 2.33. The number of hydrogen-bond acceptors (Lipinski definition) is 5. The fourth-order valence-corrected chi connectivity index (χ4v) is 4.26. The molecule has 6 heteroatoms. The number of nitrogens with zero attached hydrogens (tertiary/aromatic N) is 2. The molecule has 2 aromatic heterocycles. The summed E-state index contributed by atoms with van der Waals surface area (Å²) in [5.41, 5.74) is 2.59. The van der Waals surface area contributed by atoms with Crippen LogP contribution in [0.3, 0.4) is 0 Å². The van der Waals surface area contributed by atoms with E-state index in [4.69, 9.17) is 9.51 Å². The van der Waals surface area contributed by atoms with Gasteiger partial charge in [-0.15, -0.1) is 11.3 Å². The van der Waals surface area contributed by atoms with E-state index in [0.29, 0.717) is 23.7 Å². The van der Waals surface area contributed by atoms with Gasteiger partial charge in [0, 0.05) is 16.7 Å². The smallest absolute Gasteiger partial charge is 0.226 e. The Morgan fingerprint density at radius 1 is 1.24 bits per heavy atom. The number of amides is 1. The minimum Gasteiger partial charge on any atom is -0.356 e. The van der Waals surface area contributed by atoms with Gasteiger partial charge in [-0.1, -0.05) is 36.6 Å². The molecule has 0 unspecified atom stereocenters. The van der Waals surface area contributed by atoms with Crippen LogP contribution in [0.15, 0.2) is 34.2 Å². The zero-order valence-corrected chi connectivity index (χ0v) is 14.8. The molecule has 2 heterocycles. The first-order chi connectivity index (χ1) is 12.3. The molecule has 0 bridgehead atoms. The van der Waals surface area contributed by atoms with Gasteiger partial charge in [0.1, 0.15) is 10.7 Å². The van der Waals surface area contributed by atoms with Crippen molar-refractivity contribution in [1.29, 1.82) is 0 Å². The average Bonchev–Trinajstić information content (AvgIpc) is 3.28. The van der Waals surface area contributed by atoms with E-state index in [0.717, 1.165) is 10.4 Å². The van der Waals surface area contributed by atoms with Crippen LogP contribution in [0, 0.1) is 0 Å². The second kappa shape index (κ2) is 7.35. The number of carbonyl (C=O) groups is 1. The van der Waals surface area contributed by atoms with Crippen LogP contribution in [-0.4, -0.2) is 16.0 Å². The fourth-order valence-electron chi connectivity index (χ4n) is 3.45. The summed E-state index contributed by atoms with van der Waals surface area (Å²) in [5, 5.41) is 11.0. The minimum absolute atomic E-state index is 0.0616. The molecule has 0 saturated heterocycles. The van der Waals surface area contributed by atoms with Gasteiger partial charge in [0.15, 0.2) is 5.58 Å². The molecule has 1 aromatic carbocycles. The number of thiazole rings is 1. The van der Waals surface area contributed by atoms with Gasteiger partial charge in [0.05, 0.1) is 18.7 Å². The summed E-state index contributed by atoms with van der Waals surface area (Å²) >= 11 is 1.64. The maximum absolute atomic E-state index is 12.2. The van der Waals surface area contributed by atoms with Crippen LogP contribution in [0.5, 0.6) is 0 Å². The Kier molecular flexibility index (Phi) is 4.78. The molecule has 1 saturated carbocycles. The minimum atomic E-state index is -0.0616. The van der Waals surface area contributed by atoms with Crippen molar-refractivity contribution in [3.63, 3.8) is 0 Å². The summed E-state index contributed by atoms with van der Waals surface area (Å²) in [6.45, 7) is 0.478. The largest absolute Gasteiger partial charge is 0.356 e. The molecule has 0 radical (unpaired) electrons. The first-order valence-electron chi connectivity index (χ1n) is 8.84. The molecule has 0 atom stereocenters. The Hall–Kier alpha value is -2.21. The van der Waals surface area contributed by atoms with Crippen molar-refractivity contribution in [3.05, 3.63) is 46.0 Å². The average molecular weight is 355 g/mol. The van der Waals surface area contributed by atoms with Crippen molar-refractivity contribution in [2.45, 2.75) is 51.0 Å². The van der Waals surface area contributed by atoms with Crippen molar-refractivity contribution in [2.75, 3.05) is 0 Å². The number of nitrogens with one attached hydrogen (secondary N) is 1. The van der Waals surface area contributed by atoms with E-state index in [2.05, 4.69) is 15.9 Å². The number of carbonyl (C=O) groups excluding carboxylic acids is 1. The number of hydrogen-bond donors (Lipinski definition) is 1. The molecule has 130 valence electrons. The highest BCUT2D eigenvalue weighted by molar-refractivity contribution is 7.09. The Balaban J connectivity index is 1.33. The van der Waals surface area contributed by atoms with Gasteiger partial charge in [-0.05, 0) is 25.0 Å². The molecule has 0 spiro atoms. The summed E-state index contributed by atoms with van der Waals surface area (Å²) in [6.07, 6.45) is 6.67. The van der Waals surface area contributed by atoms with E-state index in [9.17, 15) is 4.79 Å². The van der Waals surface area contributed by atoms with Crippen molar-refractivity contribution < 1.29 is 9.32 Å². The van der Waals surface area contributed by atoms with Crippen LogP contribution in [0.25, 0.3) is 11.0 Å². The van der Waals surface area contributed by atoms with Crippen molar-refractivity contribution in [2.24, 2.45) is 0 Å². The molecular weight excluding hydrogens is 334 g/mol. The summed E-state index contributed by atoms with van der Waals surface area (Å²) in [7, 11) is 0. The van der Waals surface area contributed by atoms with E-state index in [-0.39, 0.29) is 12.3 Å². The van der Waals surface area contributed by atoms with Crippen molar-refractivity contribution >= 4 is 28.2 Å². The van der Waals surface area contributed by atoms with E-state index >= 15 is 0 Å². The first-order valence-corrected chi connectivity index (χ1v) is 9.72. The Bertz CT molecular complexity index is 864. The SMILES string of the molecule is O=C(Cc1noc2ccccc12)NCc1nc(C2CCCCC2)cs1. The topological polar surface area (TPSA) is 68.0 Å². The van der Waals surface area contributed by atoms with Crippen molar-refractivity contribution in [3.8, 4) is 0 Å². The van der Waals surface area contributed by atoms with Gasteiger partial charge in [-0.2, -0.15) is 0 Å². The lowest BCUT2D eigenvalue weighted by molar-refractivity contribution is -0.120. The molecule has 5 nitrogen and oxygen atoms in total. The summed E-state index contributed by atoms with van der Waals surface area (Å²) in [4.78, 5) is 16.9. The number of aromatic nitrogens is 2. The lowest BCUT2D eigenvalue weighted by Gasteiger charge is -2.19. The zero-order valence-electron chi connectivity index (χ0n) is 14.0. The molecule has 3 aromatic rings. The molecule has 1 amide bonds. The second-order valence-electron chi connectivity index (χ2n) is 6.58. The third-order valence-electron chi connectivity index (χ3n) is 4.81. The molecule has 0 aliphatic heterocycles. The van der Waals surface area contributed by atoms with Crippen LogP contribution >= 0.6 is 11.3 Å². The van der Waals surface area contributed by atoms with Crippen molar-refractivity contribution in [1.82, 2.24) is 15.5 Å². The van der Waals surface area contributed by atoms with Crippen LogP contribution in [0.1, 0.15) is 54.4 Å². The van der Waals surface area contributed by atoms with Crippen LogP contribution in [0.2, 0.25) is 0 Å². The van der Waals surface area contributed by atoms with Crippen LogP contribution in [-0.2, 0) is 17.8 Å². The van der Waals surface area contributed by atoms with Gasteiger partial charge in [0.2, 0.25) is 5.91 Å². The van der Waals surface area contributed by atoms with E-state index in [1.807, 2.05) is 24.3 Å². The van der Waals surface area contributed by atoms with E-state index in [1.54, 1.807) is 11.3 Å². The molecule has 1 fully saturated rings. The second-order valence-corrected chi connectivity index (χ2v) is 7.52. The molecule has 25 heavy (non-hydrogen) atoms. The highest BCUT2D eigenvalue weighted by atomic mass is 32.1. The van der Waals surface area contributed by atoms with Gasteiger partial charge in [-0.3, -0.25) is 4.79 Å². The lowest BCUT2D eigenvalue weighted by atomic mass is 9.87. The molecule has 1 N–H and O–H groups in total. The van der Waals surface area contributed by atoms with Gasteiger partial charge >= 0.3 is 0 Å². The predicted molar refractivity (Wildman–Crippen MR) is 97.5 cm³/mol. The molecular formula is C19H21N3O2S. The highest BCUT2D eigenvalue weighted by Gasteiger charge is 2.18. The maximum atomic E-state index is 12.2. The third-order valence-corrected chi connectivity index (χ3v) is 5.68. The summed E-state index contributed by atoms with van der Waals surface area (Å²) in [6, 6.07) is 7.59. The zero-order chi connectivity index (χ0) is 17.1. The quantitative estimate of drug-likeness (QED) is 0.745. The number of benzene rings is 1. The number of rotatable bonds is 5. The normalized spacial score (nSPS) is 15.5. The molecule has 4 rings (SSSR count). The monoisotopic (exact) mass is 355 g/mol. The Labute approximate surface area is 150 Å². The Morgan fingerprint density at radius 3 is 2.96 bits per heavy atom. The van der Waals surface area contributed by atoms with Gasteiger partial charge in [0.25, 0.3) is 0 Å². The Morgan fingerprint density at radius 2 is 2.08 bits per heavy atom. The summed E-state index contributed by atoms with van der Waals surface area (Å²) in [5.74, 6) is 0.546. The van der Waals surface area contributed by atoms with Crippen LogP contribution < -0.4 is 5.32 Å². The van der Waals surface area contributed by atoms with Gasteiger partial charge < -0.3 is 9.84 Å². The number of fused-ring (bicyclic) bond motifs is 1. The maximum Gasteiger partial charge on any atom is 0.226 e. The summed E-state index contributed by atoms with van der Waals surface area (Å²) < 4.78 is 5.24. The fraction of sp³-hybridized carbons (Fsp3) is 0.421. The lowest BCUT2D eigenvalue weighted by Crippen LogP contribution is -2.24. The first kappa shape index (κ1) is 16.3. The predicted octanol–water partition coefficient (Wildman–Crippen LogP) is 4.19. The third kappa shape index (κ3) is 3.74. The standard InChI is InChI=1S/C19H21N3O2S/c23-18(10-15-14-8-4-5-9-17(14)24-22-15)20-11-19-21-16(12-25-19)13-6-2-1-3-7-13/h4-5,8-9,12-13H,1-3,6-7,10-11H2,(H,20,23). The number of para-hydroxylation sites is 1. The van der Waals surface area contributed by atoms with Gasteiger partial charge in [-0.25, -0.2) is 4.98 Å². The molecule has 1 aliphatic rings. The molecule has 1 aliphatic carbocycles. The van der Waals surface area contributed by atoms with Crippen LogP contribution in [0.4, 0.5) is 0 Å².